The van der Waals surface area contributed by atoms with E-state index >= 15 is 0 Å². The summed E-state index contributed by atoms with van der Waals surface area (Å²) in [4.78, 5) is 2.45. The molecule has 112 valence electrons. The van der Waals surface area contributed by atoms with Crippen LogP contribution in [0.3, 0.4) is 0 Å². The van der Waals surface area contributed by atoms with Crippen molar-refractivity contribution >= 4 is 0 Å². The number of ether oxygens (including phenoxy) is 1. The average molecular weight is 279 g/mol. The predicted octanol–water partition coefficient (Wildman–Crippen LogP) is 0.769. The normalized spacial score (nSPS) is 32.2. The van der Waals surface area contributed by atoms with E-state index in [4.69, 9.17) is 10.5 Å². The number of hydrogen-bond donors (Lipinski definition) is 1. The largest absolute Gasteiger partial charge is 0.368 e. The van der Waals surface area contributed by atoms with Crippen LogP contribution in [-0.4, -0.2) is 49.5 Å². The summed E-state index contributed by atoms with van der Waals surface area (Å²) in [6.45, 7) is 11.9. The van der Waals surface area contributed by atoms with Crippen molar-refractivity contribution in [3.63, 3.8) is 0 Å². The topological polar surface area (TPSA) is 69.2 Å². The maximum absolute atomic E-state index is 6.30. The number of nitrogens with zero attached hydrogens (tertiary/aromatic N) is 4. The molecule has 0 amide bonds. The van der Waals surface area contributed by atoms with Crippen LogP contribution in [0.1, 0.15) is 39.9 Å². The molecule has 1 fully saturated rings. The Morgan fingerprint density at radius 1 is 1.30 bits per heavy atom. The summed E-state index contributed by atoms with van der Waals surface area (Å²) in [5.74, 6) is 1.02. The van der Waals surface area contributed by atoms with E-state index < -0.39 is 0 Å². The van der Waals surface area contributed by atoms with Crippen LogP contribution in [0.2, 0.25) is 0 Å². The molecule has 2 aliphatic heterocycles. The van der Waals surface area contributed by atoms with Gasteiger partial charge < -0.3 is 15.0 Å². The van der Waals surface area contributed by atoms with Gasteiger partial charge in [-0.2, -0.15) is 0 Å². The van der Waals surface area contributed by atoms with E-state index in [1.807, 2.05) is 6.33 Å². The molecule has 1 aromatic heterocycles. The summed E-state index contributed by atoms with van der Waals surface area (Å²) < 4.78 is 8.42. The molecule has 2 N–H and O–H groups in total. The van der Waals surface area contributed by atoms with Gasteiger partial charge in [-0.15, -0.1) is 10.2 Å². The molecule has 0 aliphatic carbocycles. The van der Waals surface area contributed by atoms with Gasteiger partial charge in [0.25, 0.3) is 0 Å². The Morgan fingerprint density at radius 3 is 2.65 bits per heavy atom. The Morgan fingerprint density at radius 2 is 2.05 bits per heavy atom. The highest BCUT2D eigenvalue weighted by Crippen LogP contribution is 2.48. The van der Waals surface area contributed by atoms with E-state index in [0.29, 0.717) is 6.54 Å². The maximum atomic E-state index is 6.30. The first-order valence-electron chi connectivity index (χ1n) is 7.32. The molecule has 6 nitrogen and oxygen atoms in total. The van der Waals surface area contributed by atoms with Crippen molar-refractivity contribution < 1.29 is 4.74 Å². The van der Waals surface area contributed by atoms with Gasteiger partial charge in [-0.3, -0.25) is 4.90 Å². The molecule has 2 aliphatic rings. The molecule has 0 aromatic carbocycles. The fraction of sp³-hybridized carbons (Fsp3) is 0.857. The number of nitrogens with two attached hydrogens (primary N) is 1. The van der Waals surface area contributed by atoms with Crippen LogP contribution in [0.4, 0.5) is 0 Å². The lowest BCUT2D eigenvalue weighted by atomic mass is 9.77. The molecular formula is C14H25N5O. The minimum Gasteiger partial charge on any atom is -0.368 e. The highest BCUT2D eigenvalue weighted by molar-refractivity contribution is 5.14. The van der Waals surface area contributed by atoms with Crippen molar-refractivity contribution in [2.24, 2.45) is 5.73 Å². The van der Waals surface area contributed by atoms with Gasteiger partial charge in [0, 0.05) is 19.6 Å². The van der Waals surface area contributed by atoms with Gasteiger partial charge in [0.05, 0.1) is 23.3 Å². The fourth-order valence-corrected chi connectivity index (χ4v) is 4.11. The molecule has 0 saturated carbocycles. The van der Waals surface area contributed by atoms with Gasteiger partial charge in [-0.1, -0.05) is 0 Å². The van der Waals surface area contributed by atoms with E-state index in [2.05, 4.69) is 47.4 Å². The van der Waals surface area contributed by atoms with Crippen molar-refractivity contribution in [1.29, 1.82) is 0 Å². The van der Waals surface area contributed by atoms with Crippen molar-refractivity contribution in [2.45, 2.75) is 63.9 Å². The fourth-order valence-electron chi connectivity index (χ4n) is 4.11. The first-order chi connectivity index (χ1) is 9.30. The number of aromatic nitrogens is 3. The summed E-state index contributed by atoms with van der Waals surface area (Å²) >= 11 is 0. The second-order valence-corrected chi connectivity index (χ2v) is 7.15. The van der Waals surface area contributed by atoms with Crippen LogP contribution in [0.15, 0.2) is 6.33 Å². The first kappa shape index (κ1) is 14.0. The van der Waals surface area contributed by atoms with E-state index in [0.717, 1.165) is 31.9 Å². The Hall–Kier alpha value is -0.980. The molecule has 1 unspecified atom stereocenters. The van der Waals surface area contributed by atoms with Gasteiger partial charge in [-0.25, -0.2) is 0 Å². The zero-order chi connectivity index (χ0) is 14.6. The Bertz CT molecular complexity index is 509. The highest BCUT2D eigenvalue weighted by atomic mass is 16.5. The van der Waals surface area contributed by atoms with E-state index in [1.165, 1.54) is 0 Å². The second-order valence-electron chi connectivity index (χ2n) is 7.15. The molecule has 3 rings (SSSR count). The first-order valence-corrected chi connectivity index (χ1v) is 7.32. The lowest BCUT2D eigenvalue weighted by molar-refractivity contribution is -0.108. The van der Waals surface area contributed by atoms with Gasteiger partial charge >= 0.3 is 0 Å². The molecule has 0 bridgehead atoms. The smallest absolute Gasteiger partial charge is 0.147 e. The van der Waals surface area contributed by atoms with E-state index in [1.54, 1.807) is 0 Å². The van der Waals surface area contributed by atoms with Crippen molar-refractivity contribution in [2.75, 3.05) is 13.1 Å². The van der Waals surface area contributed by atoms with Gasteiger partial charge in [0.2, 0.25) is 0 Å². The molecule has 3 heterocycles. The third kappa shape index (κ3) is 1.89. The molecule has 1 aromatic rings. The zero-order valence-electron chi connectivity index (χ0n) is 12.9. The Labute approximate surface area is 120 Å². The second kappa shape index (κ2) is 4.26. The molecule has 1 atom stereocenters. The lowest BCUT2D eigenvalue weighted by Gasteiger charge is -2.48. The van der Waals surface area contributed by atoms with E-state index in [-0.39, 0.29) is 16.7 Å². The molecule has 6 heteroatoms. The van der Waals surface area contributed by atoms with Crippen LogP contribution >= 0.6 is 0 Å². The van der Waals surface area contributed by atoms with Crippen LogP contribution in [0.5, 0.6) is 0 Å². The monoisotopic (exact) mass is 279 g/mol. The third-order valence-electron chi connectivity index (χ3n) is 4.95. The summed E-state index contributed by atoms with van der Waals surface area (Å²) in [6, 6.07) is 0. The van der Waals surface area contributed by atoms with Crippen molar-refractivity contribution in [3.8, 4) is 0 Å². The minimum absolute atomic E-state index is 0.145. The lowest BCUT2D eigenvalue weighted by Crippen LogP contribution is -2.64. The summed E-state index contributed by atoms with van der Waals surface area (Å²) in [6.07, 6.45) is 2.75. The van der Waals surface area contributed by atoms with Crippen LogP contribution in [0, 0.1) is 0 Å². The van der Waals surface area contributed by atoms with Crippen LogP contribution < -0.4 is 5.73 Å². The molecular weight excluding hydrogens is 254 g/mol. The van der Waals surface area contributed by atoms with Gasteiger partial charge in [0.15, 0.2) is 0 Å². The van der Waals surface area contributed by atoms with Crippen molar-refractivity contribution in [1.82, 2.24) is 19.7 Å². The molecule has 0 spiro atoms. The third-order valence-corrected chi connectivity index (χ3v) is 4.95. The Kier molecular flexibility index (Phi) is 2.97. The molecule has 1 saturated heterocycles. The zero-order valence-corrected chi connectivity index (χ0v) is 12.9. The number of hydrogen-bond acceptors (Lipinski definition) is 5. The summed E-state index contributed by atoms with van der Waals surface area (Å²) in [7, 11) is 0. The van der Waals surface area contributed by atoms with Crippen molar-refractivity contribution in [3.05, 3.63) is 12.2 Å². The molecule has 0 radical (unpaired) electrons. The average Bonchev–Trinajstić information content (AvgIpc) is 2.87. The number of fused-ring (bicyclic) bond motifs is 1. The standard InChI is InChI=1S/C14H25N5O/c1-12(2)8-14(9-15,13(3,4)20-12)19-6-5-18-10-16-17-11(18)7-19/h10H,5-9,15H2,1-4H3. The highest BCUT2D eigenvalue weighted by Gasteiger charge is 2.59. The quantitative estimate of drug-likeness (QED) is 0.866. The van der Waals surface area contributed by atoms with Crippen LogP contribution in [-0.2, 0) is 17.8 Å². The van der Waals surface area contributed by atoms with Gasteiger partial charge in [-0.05, 0) is 34.1 Å². The minimum atomic E-state index is -0.270. The Balaban J connectivity index is 1.95. The number of rotatable bonds is 2. The summed E-state index contributed by atoms with van der Waals surface area (Å²) in [5.41, 5.74) is 5.67. The van der Waals surface area contributed by atoms with E-state index in [9.17, 15) is 0 Å². The predicted molar refractivity (Wildman–Crippen MR) is 76.1 cm³/mol. The summed E-state index contributed by atoms with van der Waals surface area (Å²) in [5, 5.41) is 8.22. The molecule has 20 heavy (non-hydrogen) atoms. The van der Waals surface area contributed by atoms with Crippen LogP contribution in [0.25, 0.3) is 0 Å². The van der Waals surface area contributed by atoms with Gasteiger partial charge in [0.1, 0.15) is 12.2 Å². The maximum Gasteiger partial charge on any atom is 0.147 e. The SMILES string of the molecule is CC1(C)CC(CN)(N2CCn3cnnc3C2)C(C)(C)O1.